The molecule has 0 radical (unpaired) electrons. The zero-order valence-corrected chi connectivity index (χ0v) is 10.2. The molecule has 92 valence electrons. The first kappa shape index (κ1) is 12.0. The van der Waals surface area contributed by atoms with E-state index in [1.165, 1.54) is 19.2 Å². The molecule has 2 rings (SSSR count). The Labute approximate surface area is 104 Å². The molecule has 18 heavy (non-hydrogen) atoms. The number of benzene rings is 1. The van der Waals surface area contributed by atoms with Gasteiger partial charge in [0.05, 0.1) is 18.1 Å². The lowest BCUT2D eigenvalue weighted by molar-refractivity contribution is -0.671. The van der Waals surface area contributed by atoms with Gasteiger partial charge in [0.2, 0.25) is 0 Å². The van der Waals surface area contributed by atoms with Crippen molar-refractivity contribution in [3.8, 4) is 16.9 Å². The number of pyridine rings is 1. The molecule has 5 nitrogen and oxygen atoms in total. The molecule has 0 aliphatic rings. The number of nitrogens with zero attached hydrogens (tertiary/aromatic N) is 2. The summed E-state index contributed by atoms with van der Waals surface area (Å²) >= 11 is 0. The van der Waals surface area contributed by atoms with Crippen LogP contribution in [0.4, 0.5) is 5.69 Å². The van der Waals surface area contributed by atoms with Crippen LogP contribution in [0.25, 0.3) is 11.1 Å². The summed E-state index contributed by atoms with van der Waals surface area (Å²) in [5.41, 5.74) is 1.82. The lowest BCUT2D eigenvalue weighted by atomic mass is 10.1. The van der Waals surface area contributed by atoms with Crippen molar-refractivity contribution in [2.24, 2.45) is 7.05 Å². The molecule has 0 unspecified atom stereocenters. The maximum Gasteiger partial charge on any atom is 0.273 e. The minimum absolute atomic E-state index is 0.0251. The van der Waals surface area contributed by atoms with Crippen molar-refractivity contribution in [3.05, 3.63) is 52.8 Å². The highest BCUT2D eigenvalue weighted by Gasteiger charge is 2.13. The van der Waals surface area contributed by atoms with Gasteiger partial charge in [0.25, 0.3) is 5.69 Å². The highest BCUT2D eigenvalue weighted by Crippen LogP contribution is 2.32. The van der Waals surface area contributed by atoms with E-state index >= 15 is 0 Å². The van der Waals surface area contributed by atoms with Crippen molar-refractivity contribution >= 4 is 5.69 Å². The molecule has 0 saturated heterocycles. The standard InChI is InChI=1S/C13H13N2O3/c1-14-7-5-10(6-8-14)12-4-3-11(15(16)17)9-13(12)18-2/h3-9H,1-2H3/q+1. The van der Waals surface area contributed by atoms with Gasteiger partial charge in [0.1, 0.15) is 12.8 Å². The van der Waals surface area contributed by atoms with Crippen LogP contribution < -0.4 is 9.30 Å². The Bertz CT molecular complexity index is 579. The number of hydrogen-bond acceptors (Lipinski definition) is 3. The van der Waals surface area contributed by atoms with Crippen LogP contribution in [-0.4, -0.2) is 12.0 Å². The Morgan fingerprint density at radius 3 is 2.44 bits per heavy atom. The van der Waals surface area contributed by atoms with Gasteiger partial charge in [0, 0.05) is 23.8 Å². The summed E-state index contributed by atoms with van der Waals surface area (Å²) in [5, 5.41) is 10.7. The molecule has 0 atom stereocenters. The van der Waals surface area contributed by atoms with Gasteiger partial charge in [-0.1, -0.05) is 0 Å². The van der Waals surface area contributed by atoms with E-state index in [1.54, 1.807) is 6.07 Å². The molecule has 0 saturated carbocycles. The summed E-state index contributed by atoms with van der Waals surface area (Å²) in [6.45, 7) is 0. The molecule has 0 N–H and O–H groups in total. The second-order valence-electron chi connectivity index (χ2n) is 3.89. The molecule has 1 aromatic heterocycles. The minimum atomic E-state index is -0.433. The van der Waals surface area contributed by atoms with E-state index in [2.05, 4.69) is 0 Å². The van der Waals surface area contributed by atoms with E-state index in [0.29, 0.717) is 5.75 Å². The van der Waals surface area contributed by atoms with Crippen LogP contribution in [0.1, 0.15) is 0 Å². The molecule has 2 aromatic rings. The van der Waals surface area contributed by atoms with Crippen LogP contribution in [0.15, 0.2) is 42.7 Å². The lowest BCUT2D eigenvalue weighted by Gasteiger charge is -2.07. The number of hydrogen-bond donors (Lipinski definition) is 0. The Morgan fingerprint density at radius 1 is 1.22 bits per heavy atom. The van der Waals surface area contributed by atoms with Crippen LogP contribution >= 0.6 is 0 Å². The van der Waals surface area contributed by atoms with Crippen molar-refractivity contribution in [1.82, 2.24) is 0 Å². The Morgan fingerprint density at radius 2 is 1.89 bits per heavy atom. The first-order valence-electron chi connectivity index (χ1n) is 5.40. The smallest absolute Gasteiger partial charge is 0.273 e. The topological polar surface area (TPSA) is 56.3 Å². The zero-order chi connectivity index (χ0) is 13.1. The number of methoxy groups -OCH3 is 1. The van der Waals surface area contributed by atoms with E-state index < -0.39 is 4.92 Å². The predicted molar refractivity (Wildman–Crippen MR) is 66.3 cm³/mol. The third-order valence-corrected chi connectivity index (χ3v) is 2.69. The van der Waals surface area contributed by atoms with E-state index in [1.807, 2.05) is 36.1 Å². The number of non-ortho nitro benzene ring substituents is 1. The molecular formula is C13H13N2O3+. The Balaban J connectivity index is 2.50. The van der Waals surface area contributed by atoms with Crippen LogP contribution in [0.2, 0.25) is 0 Å². The predicted octanol–water partition coefficient (Wildman–Crippen LogP) is 2.09. The van der Waals surface area contributed by atoms with Gasteiger partial charge in [-0.2, -0.15) is 0 Å². The fourth-order valence-corrected chi connectivity index (χ4v) is 1.71. The SMILES string of the molecule is COc1cc([N+](=O)[O-])ccc1-c1cc[n+](C)cc1. The van der Waals surface area contributed by atoms with E-state index in [-0.39, 0.29) is 5.69 Å². The van der Waals surface area contributed by atoms with Crippen molar-refractivity contribution in [3.63, 3.8) is 0 Å². The number of rotatable bonds is 3. The average Bonchev–Trinajstić information content (AvgIpc) is 2.39. The zero-order valence-electron chi connectivity index (χ0n) is 10.2. The Kier molecular flexibility index (Phi) is 3.23. The molecule has 0 fully saturated rings. The summed E-state index contributed by atoms with van der Waals surface area (Å²) in [5.74, 6) is 0.498. The molecular weight excluding hydrogens is 232 g/mol. The van der Waals surface area contributed by atoms with Gasteiger partial charge in [0.15, 0.2) is 12.4 Å². The van der Waals surface area contributed by atoms with Crippen LogP contribution in [0.3, 0.4) is 0 Å². The molecule has 5 heteroatoms. The summed E-state index contributed by atoms with van der Waals surface area (Å²) in [7, 11) is 3.43. The summed E-state index contributed by atoms with van der Waals surface area (Å²) in [6, 6.07) is 8.48. The van der Waals surface area contributed by atoms with Crippen molar-refractivity contribution in [1.29, 1.82) is 0 Å². The number of aromatic nitrogens is 1. The van der Waals surface area contributed by atoms with Gasteiger partial charge in [-0.05, 0) is 11.6 Å². The number of aryl methyl sites for hydroxylation is 1. The first-order chi connectivity index (χ1) is 8.61. The fraction of sp³-hybridized carbons (Fsp3) is 0.154. The number of ether oxygens (including phenoxy) is 1. The number of nitro benzene ring substituents is 1. The first-order valence-corrected chi connectivity index (χ1v) is 5.40. The van der Waals surface area contributed by atoms with E-state index in [0.717, 1.165) is 11.1 Å². The normalized spacial score (nSPS) is 10.1. The molecule has 0 aliphatic carbocycles. The third-order valence-electron chi connectivity index (χ3n) is 2.69. The Hall–Kier alpha value is -2.43. The van der Waals surface area contributed by atoms with Gasteiger partial charge in [-0.15, -0.1) is 0 Å². The second kappa shape index (κ2) is 4.83. The minimum Gasteiger partial charge on any atom is -0.496 e. The van der Waals surface area contributed by atoms with Crippen molar-refractivity contribution in [2.45, 2.75) is 0 Å². The average molecular weight is 245 g/mol. The summed E-state index contributed by atoms with van der Waals surface area (Å²) < 4.78 is 7.13. The van der Waals surface area contributed by atoms with Gasteiger partial charge in [-0.3, -0.25) is 10.1 Å². The fourth-order valence-electron chi connectivity index (χ4n) is 1.71. The van der Waals surface area contributed by atoms with E-state index in [4.69, 9.17) is 4.74 Å². The molecule has 1 aromatic carbocycles. The highest BCUT2D eigenvalue weighted by molar-refractivity contribution is 5.71. The maximum atomic E-state index is 10.7. The van der Waals surface area contributed by atoms with Crippen molar-refractivity contribution in [2.75, 3.05) is 7.11 Å². The van der Waals surface area contributed by atoms with Gasteiger partial charge in [-0.25, -0.2) is 4.57 Å². The van der Waals surface area contributed by atoms with Gasteiger partial charge < -0.3 is 4.74 Å². The quantitative estimate of drug-likeness (QED) is 0.472. The molecule has 0 spiro atoms. The molecule has 0 amide bonds. The summed E-state index contributed by atoms with van der Waals surface area (Å²) in [6.07, 6.45) is 3.83. The van der Waals surface area contributed by atoms with Crippen LogP contribution in [0, 0.1) is 10.1 Å². The molecule has 0 bridgehead atoms. The lowest BCUT2D eigenvalue weighted by Crippen LogP contribution is -2.25. The second-order valence-corrected chi connectivity index (χ2v) is 3.89. The van der Waals surface area contributed by atoms with Gasteiger partial charge >= 0.3 is 0 Å². The highest BCUT2D eigenvalue weighted by atomic mass is 16.6. The third kappa shape index (κ3) is 2.29. The van der Waals surface area contributed by atoms with Crippen LogP contribution in [-0.2, 0) is 7.05 Å². The molecule has 1 heterocycles. The van der Waals surface area contributed by atoms with E-state index in [9.17, 15) is 10.1 Å². The maximum absolute atomic E-state index is 10.7. The summed E-state index contributed by atoms with van der Waals surface area (Å²) in [4.78, 5) is 10.3. The monoisotopic (exact) mass is 245 g/mol. The number of nitro groups is 1. The van der Waals surface area contributed by atoms with Crippen molar-refractivity contribution < 1.29 is 14.2 Å². The van der Waals surface area contributed by atoms with Crippen LogP contribution in [0.5, 0.6) is 5.75 Å². The largest absolute Gasteiger partial charge is 0.496 e. The molecule has 0 aliphatic heterocycles.